The van der Waals surface area contributed by atoms with Crippen LogP contribution < -0.4 is 0 Å². The molecule has 0 N–H and O–H groups in total. The normalized spacial score (nSPS) is 10.8. The number of nitriles is 1. The lowest BCUT2D eigenvalue weighted by Gasteiger charge is -2.25. The van der Waals surface area contributed by atoms with E-state index >= 15 is 0 Å². The van der Waals surface area contributed by atoms with Crippen molar-refractivity contribution in [1.82, 2.24) is 9.47 Å². The van der Waals surface area contributed by atoms with Crippen LogP contribution in [0.3, 0.4) is 0 Å². The molecule has 0 saturated carbocycles. The molecule has 2 rings (SSSR count). The summed E-state index contributed by atoms with van der Waals surface area (Å²) in [5.74, 6) is 0. The van der Waals surface area contributed by atoms with Crippen LogP contribution in [-0.4, -0.2) is 16.0 Å². The number of nitrogens with zero attached hydrogens (tertiary/aromatic N) is 3. The number of benzene rings is 1. The predicted octanol–water partition coefficient (Wildman–Crippen LogP) is 4.49. The third-order valence-electron chi connectivity index (χ3n) is 4.49. The lowest BCUT2D eigenvalue weighted by atomic mass is 10.0. The van der Waals surface area contributed by atoms with E-state index in [1.54, 1.807) is 0 Å². The molecule has 0 radical (unpaired) electrons. The molecular weight excluding hydrogens is 302 g/mol. The van der Waals surface area contributed by atoms with E-state index in [4.69, 9.17) is 12.2 Å². The third-order valence-corrected chi connectivity index (χ3v) is 4.92. The molecule has 1 aromatic heterocycles. The van der Waals surface area contributed by atoms with Gasteiger partial charge in [-0.1, -0.05) is 49.5 Å². The van der Waals surface area contributed by atoms with Crippen LogP contribution >= 0.6 is 12.2 Å². The average molecular weight is 325 g/mol. The first kappa shape index (κ1) is 17.4. The molecule has 0 atom stereocenters. The maximum atomic E-state index is 9.42. The summed E-state index contributed by atoms with van der Waals surface area (Å²) >= 11 is 5.57. The molecule has 3 nitrogen and oxygen atoms in total. The number of pyridine rings is 1. The number of aromatic nitrogens is 1. The lowest BCUT2D eigenvalue weighted by molar-refractivity contribution is 0.217. The van der Waals surface area contributed by atoms with Crippen molar-refractivity contribution in [2.75, 3.05) is 6.54 Å². The number of rotatable bonds is 5. The van der Waals surface area contributed by atoms with Gasteiger partial charge in [-0.2, -0.15) is 5.26 Å². The van der Waals surface area contributed by atoms with Crippen LogP contribution in [0, 0.1) is 36.7 Å². The van der Waals surface area contributed by atoms with Gasteiger partial charge in [0.25, 0.3) is 0 Å². The fourth-order valence-corrected chi connectivity index (χ4v) is 3.11. The Morgan fingerprint density at radius 2 is 1.78 bits per heavy atom. The van der Waals surface area contributed by atoms with Crippen molar-refractivity contribution < 1.29 is 0 Å². The highest BCUT2D eigenvalue weighted by molar-refractivity contribution is 7.71. The van der Waals surface area contributed by atoms with E-state index in [-0.39, 0.29) is 0 Å². The second-order valence-corrected chi connectivity index (χ2v) is 6.21. The van der Waals surface area contributed by atoms with Crippen LogP contribution in [0.2, 0.25) is 0 Å². The quantitative estimate of drug-likeness (QED) is 0.759. The summed E-state index contributed by atoms with van der Waals surface area (Å²) in [6, 6.07) is 12.7. The van der Waals surface area contributed by atoms with Gasteiger partial charge in [0.1, 0.15) is 10.7 Å². The standard InChI is InChI=1S/C19H23N3S/c1-5-21(12-17-9-7-6-8-10-17)13-22-16(4)14(2)15(3)18(11-20)19(22)23/h6-10H,5,12-13H2,1-4H3. The van der Waals surface area contributed by atoms with Gasteiger partial charge in [0, 0.05) is 12.2 Å². The van der Waals surface area contributed by atoms with Gasteiger partial charge in [-0.3, -0.25) is 4.90 Å². The molecule has 0 spiro atoms. The fraction of sp³-hybridized carbons (Fsp3) is 0.368. The number of hydrogen-bond acceptors (Lipinski definition) is 3. The molecule has 0 aliphatic heterocycles. The van der Waals surface area contributed by atoms with Gasteiger partial charge in [-0.05, 0) is 44.0 Å². The Morgan fingerprint density at radius 3 is 2.35 bits per heavy atom. The topological polar surface area (TPSA) is 32.0 Å². The Bertz CT molecular complexity index is 785. The smallest absolute Gasteiger partial charge is 0.125 e. The Kier molecular flexibility index (Phi) is 5.70. The third kappa shape index (κ3) is 3.69. The average Bonchev–Trinajstić information content (AvgIpc) is 2.57. The maximum Gasteiger partial charge on any atom is 0.125 e. The minimum Gasteiger partial charge on any atom is -0.322 e. The molecule has 0 saturated heterocycles. The lowest BCUT2D eigenvalue weighted by Crippen LogP contribution is -2.28. The molecule has 0 amide bonds. The molecule has 23 heavy (non-hydrogen) atoms. The van der Waals surface area contributed by atoms with E-state index in [1.807, 2.05) is 13.0 Å². The summed E-state index contributed by atoms with van der Waals surface area (Å²) < 4.78 is 2.72. The molecule has 0 aliphatic rings. The van der Waals surface area contributed by atoms with E-state index in [0.29, 0.717) is 16.9 Å². The SMILES string of the molecule is CCN(Cc1ccccc1)Cn1c(C)c(C)c(C)c(C#N)c1=S. The van der Waals surface area contributed by atoms with Crippen molar-refractivity contribution >= 4 is 12.2 Å². The summed E-state index contributed by atoms with van der Waals surface area (Å²) in [6.45, 7) is 10.8. The zero-order valence-electron chi connectivity index (χ0n) is 14.3. The van der Waals surface area contributed by atoms with Gasteiger partial charge < -0.3 is 4.57 Å². The first-order valence-electron chi connectivity index (χ1n) is 7.86. The van der Waals surface area contributed by atoms with Gasteiger partial charge in [-0.15, -0.1) is 0 Å². The molecule has 4 heteroatoms. The zero-order chi connectivity index (χ0) is 17.0. The highest BCUT2D eigenvalue weighted by Gasteiger charge is 2.13. The maximum absolute atomic E-state index is 9.42. The molecule has 1 aromatic carbocycles. The van der Waals surface area contributed by atoms with Gasteiger partial charge in [0.2, 0.25) is 0 Å². The van der Waals surface area contributed by atoms with Crippen LogP contribution in [-0.2, 0) is 13.2 Å². The van der Waals surface area contributed by atoms with Crippen LogP contribution in [0.1, 0.15) is 34.9 Å². The van der Waals surface area contributed by atoms with Crippen molar-refractivity contribution in [2.45, 2.75) is 40.9 Å². The highest BCUT2D eigenvalue weighted by atomic mass is 32.1. The Balaban J connectivity index is 2.37. The molecular formula is C19H23N3S. The van der Waals surface area contributed by atoms with E-state index in [9.17, 15) is 5.26 Å². The molecule has 0 aliphatic carbocycles. The summed E-state index contributed by atoms with van der Waals surface area (Å²) in [5, 5.41) is 9.42. The van der Waals surface area contributed by atoms with E-state index in [2.05, 4.69) is 60.6 Å². The van der Waals surface area contributed by atoms with Crippen LogP contribution in [0.5, 0.6) is 0 Å². The van der Waals surface area contributed by atoms with Crippen molar-refractivity contribution in [1.29, 1.82) is 5.26 Å². The minimum absolute atomic E-state index is 0.624. The zero-order valence-corrected chi connectivity index (χ0v) is 15.1. The van der Waals surface area contributed by atoms with Gasteiger partial charge >= 0.3 is 0 Å². The fourth-order valence-electron chi connectivity index (χ4n) is 2.71. The Morgan fingerprint density at radius 1 is 1.13 bits per heavy atom. The first-order valence-corrected chi connectivity index (χ1v) is 8.27. The monoisotopic (exact) mass is 325 g/mol. The van der Waals surface area contributed by atoms with E-state index < -0.39 is 0 Å². The van der Waals surface area contributed by atoms with Crippen molar-refractivity contribution in [3.05, 3.63) is 62.9 Å². The Hall–Kier alpha value is -1.96. The Labute approximate surface area is 143 Å². The van der Waals surface area contributed by atoms with Gasteiger partial charge in [-0.25, -0.2) is 0 Å². The molecule has 120 valence electrons. The molecule has 2 aromatic rings. The van der Waals surface area contributed by atoms with Gasteiger partial charge in [0.15, 0.2) is 0 Å². The van der Waals surface area contributed by atoms with Crippen molar-refractivity contribution in [3.8, 4) is 6.07 Å². The van der Waals surface area contributed by atoms with Crippen LogP contribution in [0.15, 0.2) is 30.3 Å². The molecule has 0 unspecified atom stereocenters. The molecule has 1 heterocycles. The van der Waals surface area contributed by atoms with Crippen LogP contribution in [0.25, 0.3) is 0 Å². The van der Waals surface area contributed by atoms with E-state index in [1.165, 1.54) is 5.56 Å². The summed E-state index contributed by atoms with van der Waals surface area (Å²) in [7, 11) is 0. The molecule has 0 bridgehead atoms. The summed E-state index contributed by atoms with van der Waals surface area (Å²) in [6.07, 6.45) is 0. The van der Waals surface area contributed by atoms with Crippen molar-refractivity contribution in [3.63, 3.8) is 0 Å². The minimum atomic E-state index is 0.624. The van der Waals surface area contributed by atoms with E-state index in [0.717, 1.165) is 29.9 Å². The summed E-state index contributed by atoms with van der Waals surface area (Å²) in [5.41, 5.74) is 5.18. The second-order valence-electron chi connectivity index (χ2n) is 5.83. The first-order chi connectivity index (χ1) is 11.0. The predicted molar refractivity (Wildman–Crippen MR) is 96.7 cm³/mol. The van der Waals surface area contributed by atoms with Crippen molar-refractivity contribution in [2.24, 2.45) is 0 Å². The largest absolute Gasteiger partial charge is 0.322 e. The second kappa shape index (κ2) is 7.54. The van der Waals surface area contributed by atoms with Crippen LogP contribution in [0.4, 0.5) is 0 Å². The van der Waals surface area contributed by atoms with Gasteiger partial charge in [0.05, 0.1) is 12.2 Å². The summed E-state index contributed by atoms with van der Waals surface area (Å²) in [4.78, 5) is 2.33. The number of hydrogen-bond donors (Lipinski definition) is 0. The highest BCUT2D eigenvalue weighted by Crippen LogP contribution is 2.20. The molecule has 0 fully saturated rings.